The van der Waals surface area contributed by atoms with Crippen molar-refractivity contribution in [3.63, 3.8) is 0 Å². The molecule has 0 aliphatic rings. The maximum absolute atomic E-state index is 9.72. The van der Waals surface area contributed by atoms with Crippen LogP contribution in [0.25, 0.3) is 11.1 Å². The van der Waals surface area contributed by atoms with Gasteiger partial charge in [0, 0.05) is 24.4 Å². The SMILES string of the molecule is Cc1cccc(O)c1-c1cnn(C)c1. The second kappa shape index (κ2) is 3.18. The van der Waals surface area contributed by atoms with Crippen molar-refractivity contribution in [3.05, 3.63) is 36.2 Å². The molecule has 14 heavy (non-hydrogen) atoms. The van der Waals surface area contributed by atoms with Gasteiger partial charge in [-0.15, -0.1) is 0 Å². The van der Waals surface area contributed by atoms with Gasteiger partial charge in [0.2, 0.25) is 0 Å². The highest BCUT2D eigenvalue weighted by atomic mass is 16.3. The molecule has 0 bridgehead atoms. The fourth-order valence-corrected chi connectivity index (χ4v) is 1.58. The summed E-state index contributed by atoms with van der Waals surface area (Å²) in [6.07, 6.45) is 3.64. The van der Waals surface area contributed by atoms with Gasteiger partial charge in [0.1, 0.15) is 5.75 Å². The van der Waals surface area contributed by atoms with E-state index in [1.165, 1.54) is 0 Å². The second-order valence-corrected chi connectivity index (χ2v) is 3.37. The molecule has 0 amide bonds. The number of hydrogen-bond donors (Lipinski definition) is 1. The van der Waals surface area contributed by atoms with Gasteiger partial charge in [-0.3, -0.25) is 4.68 Å². The summed E-state index contributed by atoms with van der Waals surface area (Å²) in [5.74, 6) is 0.304. The van der Waals surface area contributed by atoms with Crippen LogP contribution in [0.5, 0.6) is 5.75 Å². The predicted octanol–water partition coefficient (Wildman–Crippen LogP) is 2.10. The Balaban J connectivity index is 2.61. The molecule has 1 aromatic heterocycles. The summed E-state index contributed by atoms with van der Waals surface area (Å²) in [5.41, 5.74) is 2.86. The second-order valence-electron chi connectivity index (χ2n) is 3.37. The minimum absolute atomic E-state index is 0.304. The smallest absolute Gasteiger partial charge is 0.123 e. The molecular weight excluding hydrogens is 176 g/mol. The van der Waals surface area contributed by atoms with E-state index in [0.29, 0.717) is 5.75 Å². The summed E-state index contributed by atoms with van der Waals surface area (Å²) < 4.78 is 1.72. The Morgan fingerprint density at radius 1 is 1.36 bits per heavy atom. The Kier molecular flexibility index (Phi) is 2.00. The number of phenolic OH excluding ortho intramolecular Hbond substituents is 1. The number of aryl methyl sites for hydroxylation is 2. The first-order valence-electron chi connectivity index (χ1n) is 4.46. The fourth-order valence-electron chi connectivity index (χ4n) is 1.58. The standard InChI is InChI=1S/C11H12N2O/c1-8-4-3-5-10(14)11(8)9-6-12-13(2)7-9/h3-7,14H,1-2H3. The molecule has 1 N–H and O–H groups in total. The number of benzene rings is 1. The van der Waals surface area contributed by atoms with Gasteiger partial charge in [-0.2, -0.15) is 5.10 Å². The Morgan fingerprint density at radius 3 is 2.71 bits per heavy atom. The van der Waals surface area contributed by atoms with Gasteiger partial charge in [-0.25, -0.2) is 0 Å². The average molecular weight is 188 g/mol. The van der Waals surface area contributed by atoms with E-state index in [9.17, 15) is 5.11 Å². The molecular formula is C11H12N2O. The van der Waals surface area contributed by atoms with Crippen LogP contribution < -0.4 is 0 Å². The van der Waals surface area contributed by atoms with Crippen LogP contribution in [0.2, 0.25) is 0 Å². The summed E-state index contributed by atoms with van der Waals surface area (Å²) in [4.78, 5) is 0. The van der Waals surface area contributed by atoms with Crippen LogP contribution >= 0.6 is 0 Å². The molecule has 0 spiro atoms. The summed E-state index contributed by atoms with van der Waals surface area (Å²) >= 11 is 0. The minimum Gasteiger partial charge on any atom is -0.507 e. The third kappa shape index (κ3) is 1.37. The van der Waals surface area contributed by atoms with Gasteiger partial charge in [0.05, 0.1) is 6.20 Å². The van der Waals surface area contributed by atoms with Crippen LogP contribution in [-0.2, 0) is 7.05 Å². The Morgan fingerprint density at radius 2 is 2.14 bits per heavy atom. The maximum atomic E-state index is 9.72. The van der Waals surface area contributed by atoms with Crippen molar-refractivity contribution in [1.82, 2.24) is 9.78 Å². The number of hydrogen-bond acceptors (Lipinski definition) is 2. The first-order valence-corrected chi connectivity index (χ1v) is 4.46. The van der Waals surface area contributed by atoms with Crippen molar-refractivity contribution in [2.75, 3.05) is 0 Å². The lowest BCUT2D eigenvalue weighted by Crippen LogP contribution is -1.85. The van der Waals surface area contributed by atoms with Crippen molar-refractivity contribution in [2.24, 2.45) is 7.05 Å². The van der Waals surface area contributed by atoms with Crippen molar-refractivity contribution < 1.29 is 5.11 Å². The van der Waals surface area contributed by atoms with Gasteiger partial charge in [0.25, 0.3) is 0 Å². The molecule has 3 heteroatoms. The van der Waals surface area contributed by atoms with E-state index in [-0.39, 0.29) is 0 Å². The minimum atomic E-state index is 0.304. The molecule has 0 radical (unpaired) electrons. The normalized spacial score (nSPS) is 10.4. The zero-order valence-electron chi connectivity index (χ0n) is 8.23. The average Bonchev–Trinajstić information content (AvgIpc) is 2.51. The molecule has 72 valence electrons. The van der Waals surface area contributed by atoms with E-state index >= 15 is 0 Å². The van der Waals surface area contributed by atoms with Gasteiger partial charge < -0.3 is 5.11 Å². The molecule has 3 nitrogen and oxygen atoms in total. The van der Waals surface area contributed by atoms with Crippen molar-refractivity contribution in [2.45, 2.75) is 6.92 Å². The van der Waals surface area contributed by atoms with Gasteiger partial charge in [-0.1, -0.05) is 12.1 Å². The molecule has 0 saturated carbocycles. The number of phenols is 1. The van der Waals surface area contributed by atoms with Crippen molar-refractivity contribution >= 4 is 0 Å². The Bertz CT molecular complexity index is 440. The van der Waals surface area contributed by atoms with Crippen LogP contribution in [0.1, 0.15) is 5.56 Å². The third-order valence-corrected chi connectivity index (χ3v) is 2.24. The molecule has 0 aliphatic heterocycles. The third-order valence-electron chi connectivity index (χ3n) is 2.24. The zero-order chi connectivity index (χ0) is 10.1. The lowest BCUT2D eigenvalue weighted by Gasteiger charge is -2.04. The van der Waals surface area contributed by atoms with Crippen LogP contribution in [0.4, 0.5) is 0 Å². The molecule has 0 aliphatic carbocycles. The molecule has 1 aromatic carbocycles. The van der Waals surface area contributed by atoms with E-state index in [1.54, 1.807) is 16.9 Å². The highest BCUT2D eigenvalue weighted by molar-refractivity contribution is 5.72. The first-order chi connectivity index (χ1) is 6.68. The van der Waals surface area contributed by atoms with Gasteiger partial charge in [0.15, 0.2) is 0 Å². The molecule has 2 aromatic rings. The summed E-state index contributed by atoms with van der Waals surface area (Å²) in [6, 6.07) is 5.50. The highest BCUT2D eigenvalue weighted by Crippen LogP contribution is 2.31. The lowest BCUT2D eigenvalue weighted by molar-refractivity contribution is 0.477. The maximum Gasteiger partial charge on any atom is 0.123 e. The van der Waals surface area contributed by atoms with Crippen molar-refractivity contribution in [3.8, 4) is 16.9 Å². The molecule has 0 unspecified atom stereocenters. The lowest BCUT2D eigenvalue weighted by atomic mass is 10.0. The molecule has 0 atom stereocenters. The summed E-state index contributed by atoms with van der Waals surface area (Å²) in [5, 5.41) is 13.8. The topological polar surface area (TPSA) is 38.1 Å². The predicted molar refractivity (Wildman–Crippen MR) is 55.0 cm³/mol. The molecule has 1 heterocycles. The van der Waals surface area contributed by atoms with Crippen LogP contribution in [-0.4, -0.2) is 14.9 Å². The number of aromatic nitrogens is 2. The molecule has 0 fully saturated rings. The first kappa shape index (κ1) is 8.81. The Labute approximate surface area is 82.6 Å². The summed E-state index contributed by atoms with van der Waals surface area (Å²) in [6.45, 7) is 1.97. The van der Waals surface area contributed by atoms with E-state index in [1.807, 2.05) is 32.3 Å². The quantitative estimate of drug-likeness (QED) is 0.744. The van der Waals surface area contributed by atoms with E-state index in [0.717, 1.165) is 16.7 Å². The van der Waals surface area contributed by atoms with Gasteiger partial charge >= 0.3 is 0 Å². The van der Waals surface area contributed by atoms with Crippen LogP contribution in [0, 0.1) is 6.92 Å². The van der Waals surface area contributed by atoms with Crippen molar-refractivity contribution in [1.29, 1.82) is 0 Å². The summed E-state index contributed by atoms with van der Waals surface area (Å²) in [7, 11) is 1.86. The highest BCUT2D eigenvalue weighted by Gasteiger charge is 2.08. The largest absolute Gasteiger partial charge is 0.507 e. The van der Waals surface area contributed by atoms with Crippen LogP contribution in [0.15, 0.2) is 30.6 Å². The van der Waals surface area contributed by atoms with Crippen LogP contribution in [0.3, 0.4) is 0 Å². The molecule has 0 saturated heterocycles. The zero-order valence-corrected chi connectivity index (χ0v) is 8.23. The van der Waals surface area contributed by atoms with E-state index in [4.69, 9.17) is 0 Å². The monoisotopic (exact) mass is 188 g/mol. The number of aromatic hydroxyl groups is 1. The Hall–Kier alpha value is -1.77. The fraction of sp³-hybridized carbons (Fsp3) is 0.182. The number of nitrogens with zero attached hydrogens (tertiary/aromatic N) is 2. The van der Waals surface area contributed by atoms with E-state index < -0.39 is 0 Å². The number of rotatable bonds is 1. The molecule has 2 rings (SSSR count). The van der Waals surface area contributed by atoms with E-state index in [2.05, 4.69) is 5.10 Å². The van der Waals surface area contributed by atoms with Gasteiger partial charge in [-0.05, 0) is 18.6 Å².